The number of benzene rings is 2. The van der Waals surface area contributed by atoms with Gasteiger partial charge in [0.1, 0.15) is 12.2 Å². The molecule has 0 fully saturated rings. The maximum Gasteiger partial charge on any atom is 0.132 e. The minimum absolute atomic E-state index is 0. The monoisotopic (exact) mass is 333 g/mol. The molecule has 0 N–H and O–H groups in total. The van der Waals surface area contributed by atoms with Crippen LogP contribution in [0.25, 0.3) is 0 Å². The summed E-state index contributed by atoms with van der Waals surface area (Å²) in [4.78, 5) is 0. The Balaban J connectivity index is 0.00000200. The Bertz CT molecular complexity index is 495. The van der Waals surface area contributed by atoms with Gasteiger partial charge in [0.05, 0.1) is 13.6 Å². The Morgan fingerprint density at radius 1 is 0.850 bits per heavy atom. The molecule has 0 amide bonds. The van der Waals surface area contributed by atoms with Gasteiger partial charge in [0.15, 0.2) is 0 Å². The molecule has 108 valence electrons. The van der Waals surface area contributed by atoms with Gasteiger partial charge in [0, 0.05) is 11.5 Å². The second kappa shape index (κ2) is 7.61. The lowest BCUT2D eigenvalue weighted by atomic mass is 10.1. The molecule has 20 heavy (non-hydrogen) atoms. The molecule has 2 rings (SSSR count). The fourth-order valence-electron chi connectivity index (χ4n) is 2.84. The minimum Gasteiger partial charge on any atom is -1.00 e. The molecule has 0 spiro atoms. The summed E-state index contributed by atoms with van der Waals surface area (Å²) in [5.41, 5.74) is 2.79. The van der Waals surface area contributed by atoms with Gasteiger partial charge in [0.2, 0.25) is 0 Å². The SMILES string of the molecule is CC(C)C[N+](C)(Cc1ccccc1)c1ccccc1.[Br-]. The third kappa shape index (κ3) is 4.46. The van der Waals surface area contributed by atoms with Crippen molar-refractivity contribution in [1.82, 2.24) is 4.48 Å². The third-order valence-corrected chi connectivity index (χ3v) is 3.52. The highest BCUT2D eigenvalue weighted by Crippen LogP contribution is 2.25. The first kappa shape index (κ1) is 16.9. The highest BCUT2D eigenvalue weighted by molar-refractivity contribution is 5.42. The first-order valence-electron chi connectivity index (χ1n) is 7.04. The van der Waals surface area contributed by atoms with Crippen LogP contribution in [0.1, 0.15) is 19.4 Å². The van der Waals surface area contributed by atoms with E-state index in [9.17, 15) is 0 Å². The van der Waals surface area contributed by atoms with E-state index >= 15 is 0 Å². The van der Waals surface area contributed by atoms with Crippen molar-refractivity contribution in [2.24, 2.45) is 5.92 Å². The fourth-order valence-corrected chi connectivity index (χ4v) is 2.84. The zero-order valence-corrected chi connectivity index (χ0v) is 14.2. The standard InChI is InChI=1S/C18H24N.BrH/c1-16(2)14-19(3,18-12-8-5-9-13-18)15-17-10-6-4-7-11-17;/h4-13,16H,14-15H2,1-3H3;1H/q+1;/p-1. The number of quaternary nitrogens is 1. The number of rotatable bonds is 5. The maximum absolute atomic E-state index is 2.34. The molecule has 0 saturated heterocycles. The van der Waals surface area contributed by atoms with Crippen LogP contribution in [-0.4, -0.2) is 13.6 Å². The summed E-state index contributed by atoms with van der Waals surface area (Å²) in [6.07, 6.45) is 0. The molecule has 1 nitrogen and oxygen atoms in total. The van der Waals surface area contributed by atoms with E-state index < -0.39 is 0 Å². The average molecular weight is 334 g/mol. The molecule has 2 aromatic rings. The van der Waals surface area contributed by atoms with Crippen molar-refractivity contribution < 1.29 is 17.0 Å². The average Bonchev–Trinajstić information content (AvgIpc) is 2.40. The maximum atomic E-state index is 2.34. The van der Waals surface area contributed by atoms with Crippen LogP contribution in [-0.2, 0) is 6.54 Å². The summed E-state index contributed by atoms with van der Waals surface area (Å²) in [6, 6.07) is 21.6. The number of para-hydroxylation sites is 1. The Kier molecular flexibility index (Phi) is 6.44. The van der Waals surface area contributed by atoms with Crippen molar-refractivity contribution in [3.8, 4) is 0 Å². The molecule has 1 atom stereocenters. The van der Waals surface area contributed by atoms with Gasteiger partial charge in [-0.2, -0.15) is 0 Å². The van der Waals surface area contributed by atoms with Gasteiger partial charge in [-0.25, -0.2) is 0 Å². The van der Waals surface area contributed by atoms with E-state index in [1.165, 1.54) is 11.3 Å². The second-order valence-corrected chi connectivity index (χ2v) is 5.95. The van der Waals surface area contributed by atoms with E-state index in [4.69, 9.17) is 0 Å². The predicted molar refractivity (Wildman–Crippen MR) is 84.0 cm³/mol. The van der Waals surface area contributed by atoms with Gasteiger partial charge in [-0.1, -0.05) is 62.4 Å². The summed E-state index contributed by atoms with van der Waals surface area (Å²) < 4.78 is 0.961. The highest BCUT2D eigenvalue weighted by atomic mass is 79.9. The first-order valence-corrected chi connectivity index (χ1v) is 7.04. The summed E-state index contributed by atoms with van der Waals surface area (Å²) in [6.45, 7) is 6.79. The fraction of sp³-hybridized carbons (Fsp3) is 0.333. The lowest BCUT2D eigenvalue weighted by Gasteiger charge is -2.35. The van der Waals surface area contributed by atoms with Crippen LogP contribution in [0.3, 0.4) is 0 Å². The van der Waals surface area contributed by atoms with Crippen LogP contribution in [0.5, 0.6) is 0 Å². The van der Waals surface area contributed by atoms with Crippen molar-refractivity contribution in [3.05, 3.63) is 66.2 Å². The van der Waals surface area contributed by atoms with Crippen molar-refractivity contribution in [2.75, 3.05) is 13.6 Å². The summed E-state index contributed by atoms with van der Waals surface area (Å²) in [5, 5.41) is 0. The van der Waals surface area contributed by atoms with Gasteiger partial charge in [-0.05, 0) is 12.1 Å². The van der Waals surface area contributed by atoms with Crippen LogP contribution < -0.4 is 21.5 Å². The van der Waals surface area contributed by atoms with E-state index in [0.29, 0.717) is 5.92 Å². The lowest BCUT2D eigenvalue weighted by Crippen LogP contribution is -3.00. The number of nitrogens with zero attached hydrogens (tertiary/aromatic N) is 1. The number of hydrogen-bond donors (Lipinski definition) is 0. The van der Waals surface area contributed by atoms with Crippen LogP contribution in [0.2, 0.25) is 0 Å². The summed E-state index contributed by atoms with van der Waals surface area (Å²) in [7, 11) is 2.34. The number of hydrogen-bond acceptors (Lipinski definition) is 0. The van der Waals surface area contributed by atoms with Crippen molar-refractivity contribution in [1.29, 1.82) is 0 Å². The van der Waals surface area contributed by atoms with Crippen LogP contribution in [0.4, 0.5) is 5.69 Å². The normalized spacial score (nSPS) is 13.6. The molecular formula is C18H24BrN. The molecule has 2 aromatic carbocycles. The molecule has 0 aliphatic heterocycles. The summed E-state index contributed by atoms with van der Waals surface area (Å²) in [5.74, 6) is 0.675. The largest absolute Gasteiger partial charge is 1.00 e. The molecule has 0 aliphatic carbocycles. The smallest absolute Gasteiger partial charge is 0.132 e. The topological polar surface area (TPSA) is 0 Å². The van der Waals surface area contributed by atoms with Crippen molar-refractivity contribution in [3.63, 3.8) is 0 Å². The van der Waals surface area contributed by atoms with Crippen LogP contribution >= 0.6 is 0 Å². The van der Waals surface area contributed by atoms with Crippen molar-refractivity contribution >= 4 is 5.69 Å². The molecule has 0 aliphatic rings. The molecule has 0 radical (unpaired) electrons. The van der Waals surface area contributed by atoms with Crippen molar-refractivity contribution in [2.45, 2.75) is 20.4 Å². The Morgan fingerprint density at radius 3 is 1.85 bits per heavy atom. The minimum atomic E-state index is 0. The molecule has 2 heteroatoms. The lowest BCUT2D eigenvalue weighted by molar-refractivity contribution is -0.00000438. The second-order valence-electron chi connectivity index (χ2n) is 5.95. The molecule has 0 heterocycles. The van der Waals surface area contributed by atoms with Crippen LogP contribution in [0, 0.1) is 5.92 Å². The molecular weight excluding hydrogens is 310 g/mol. The van der Waals surface area contributed by atoms with Gasteiger partial charge in [-0.3, -0.25) is 4.48 Å². The highest BCUT2D eigenvalue weighted by Gasteiger charge is 2.26. The quantitative estimate of drug-likeness (QED) is 0.727. The first-order chi connectivity index (χ1) is 9.10. The Morgan fingerprint density at radius 2 is 1.35 bits per heavy atom. The van der Waals surface area contributed by atoms with Gasteiger partial charge >= 0.3 is 0 Å². The van der Waals surface area contributed by atoms with E-state index in [1.54, 1.807) is 0 Å². The predicted octanol–water partition coefficient (Wildman–Crippen LogP) is 1.48. The van der Waals surface area contributed by atoms with Gasteiger partial charge in [-0.15, -0.1) is 0 Å². The van der Waals surface area contributed by atoms with E-state index in [1.807, 2.05) is 0 Å². The third-order valence-electron chi connectivity index (χ3n) is 3.52. The van der Waals surface area contributed by atoms with E-state index in [2.05, 4.69) is 81.6 Å². The zero-order valence-electron chi connectivity index (χ0n) is 12.6. The molecule has 0 aromatic heterocycles. The van der Waals surface area contributed by atoms with E-state index in [0.717, 1.165) is 17.6 Å². The van der Waals surface area contributed by atoms with E-state index in [-0.39, 0.29) is 17.0 Å². The zero-order chi connectivity index (χ0) is 13.7. The molecule has 1 unspecified atom stereocenters. The van der Waals surface area contributed by atoms with Gasteiger partial charge in [0.25, 0.3) is 0 Å². The summed E-state index contributed by atoms with van der Waals surface area (Å²) >= 11 is 0. The number of halogens is 1. The molecule has 0 bridgehead atoms. The molecule has 0 saturated carbocycles. The Hall–Kier alpha value is -1.12. The van der Waals surface area contributed by atoms with Crippen LogP contribution in [0.15, 0.2) is 60.7 Å². The Labute approximate surface area is 133 Å². The van der Waals surface area contributed by atoms with Gasteiger partial charge < -0.3 is 17.0 Å².